The molecule has 0 fully saturated rings. The smallest absolute Gasteiger partial charge is 0.171 e. The van der Waals surface area contributed by atoms with Crippen molar-refractivity contribution in [3.63, 3.8) is 0 Å². The Labute approximate surface area is 82.3 Å². The van der Waals surface area contributed by atoms with Crippen LogP contribution < -0.4 is 4.74 Å². The summed E-state index contributed by atoms with van der Waals surface area (Å²) in [5.41, 5.74) is 0.842. The maximum Gasteiger partial charge on any atom is 0.171 e. The van der Waals surface area contributed by atoms with E-state index in [4.69, 9.17) is 21.4 Å². The van der Waals surface area contributed by atoms with E-state index in [1.807, 2.05) is 13.0 Å². The number of halogens is 1. The highest BCUT2D eigenvalue weighted by atomic mass is 35.5. The summed E-state index contributed by atoms with van der Waals surface area (Å²) in [5.74, 6) is 0.508. The van der Waals surface area contributed by atoms with Crippen LogP contribution in [0.4, 0.5) is 0 Å². The second-order valence-corrected chi connectivity index (χ2v) is 3.26. The summed E-state index contributed by atoms with van der Waals surface area (Å²) >= 11 is 5.80. The lowest BCUT2D eigenvalue weighted by Crippen LogP contribution is -2.13. The largest absolute Gasteiger partial charge is 0.488 e. The van der Waals surface area contributed by atoms with Gasteiger partial charge in [0.15, 0.2) is 10.9 Å². The molecule has 0 amide bonds. The van der Waals surface area contributed by atoms with Gasteiger partial charge in [-0.05, 0) is 26.0 Å². The Balaban J connectivity index is 2.67. The Kier molecular flexibility index (Phi) is 3.51. The van der Waals surface area contributed by atoms with Crippen LogP contribution in [0.1, 0.15) is 12.6 Å². The van der Waals surface area contributed by atoms with Gasteiger partial charge in [0.2, 0.25) is 0 Å². The lowest BCUT2D eigenvalue weighted by molar-refractivity contribution is 0.122. The number of hydrogen-bond donors (Lipinski definition) is 1. The molecule has 0 saturated carbocycles. The Morgan fingerprint density at radius 1 is 1.62 bits per heavy atom. The predicted molar refractivity (Wildman–Crippen MR) is 51.2 cm³/mol. The van der Waals surface area contributed by atoms with Gasteiger partial charge >= 0.3 is 0 Å². The third kappa shape index (κ3) is 3.20. The zero-order valence-corrected chi connectivity index (χ0v) is 8.38. The molecule has 13 heavy (non-hydrogen) atoms. The monoisotopic (exact) mass is 201 g/mol. The molecule has 0 aliphatic carbocycles. The van der Waals surface area contributed by atoms with E-state index >= 15 is 0 Å². The van der Waals surface area contributed by atoms with Crippen LogP contribution in [0.15, 0.2) is 12.1 Å². The summed E-state index contributed by atoms with van der Waals surface area (Å²) in [6.07, 6.45) is -0.502. The van der Waals surface area contributed by atoms with Gasteiger partial charge in [0, 0.05) is 5.69 Å². The van der Waals surface area contributed by atoms with E-state index in [0.29, 0.717) is 10.9 Å². The fourth-order valence-corrected chi connectivity index (χ4v) is 1.08. The lowest BCUT2D eigenvalue weighted by Gasteiger charge is -2.08. The first-order chi connectivity index (χ1) is 6.09. The van der Waals surface area contributed by atoms with Crippen LogP contribution in [-0.2, 0) is 0 Å². The molecule has 0 aliphatic rings. The zero-order chi connectivity index (χ0) is 9.84. The fraction of sp³-hybridized carbons (Fsp3) is 0.444. The average Bonchev–Trinajstić information content (AvgIpc) is 2.02. The molecule has 4 heteroatoms. The third-order valence-corrected chi connectivity index (χ3v) is 1.70. The Morgan fingerprint density at radius 3 is 2.85 bits per heavy atom. The second-order valence-electron chi connectivity index (χ2n) is 2.90. The molecule has 72 valence electrons. The Bertz CT molecular complexity index is 289. The number of aryl methyl sites for hydroxylation is 1. The standard InChI is InChI=1S/C9H12ClNO2/c1-6-3-4-8(9(10)11-6)13-5-7(2)12/h3-4,7,12H,5H2,1-2H3. The van der Waals surface area contributed by atoms with Crippen molar-refractivity contribution in [2.45, 2.75) is 20.0 Å². The molecular formula is C9H12ClNO2. The van der Waals surface area contributed by atoms with Crippen LogP contribution in [0.25, 0.3) is 0 Å². The molecule has 3 nitrogen and oxygen atoms in total. The van der Waals surface area contributed by atoms with Gasteiger partial charge in [0.05, 0.1) is 6.10 Å². The molecule has 1 N–H and O–H groups in total. The van der Waals surface area contributed by atoms with Crippen molar-refractivity contribution in [1.82, 2.24) is 4.98 Å². The van der Waals surface area contributed by atoms with E-state index in [9.17, 15) is 0 Å². The molecule has 1 heterocycles. The van der Waals surface area contributed by atoms with Gasteiger partial charge in [-0.3, -0.25) is 0 Å². The number of aromatic nitrogens is 1. The number of pyridine rings is 1. The van der Waals surface area contributed by atoms with Crippen LogP contribution in [-0.4, -0.2) is 22.8 Å². The van der Waals surface area contributed by atoms with Crippen molar-refractivity contribution in [3.05, 3.63) is 23.0 Å². The van der Waals surface area contributed by atoms with Crippen molar-refractivity contribution in [2.24, 2.45) is 0 Å². The minimum Gasteiger partial charge on any atom is -0.488 e. The highest BCUT2D eigenvalue weighted by Gasteiger charge is 2.04. The molecule has 1 rings (SSSR count). The normalized spacial score (nSPS) is 12.6. The topological polar surface area (TPSA) is 42.4 Å². The van der Waals surface area contributed by atoms with Crippen molar-refractivity contribution in [1.29, 1.82) is 0 Å². The van der Waals surface area contributed by atoms with Gasteiger partial charge in [-0.15, -0.1) is 0 Å². The summed E-state index contributed by atoms with van der Waals surface area (Å²) < 4.78 is 5.21. The van der Waals surface area contributed by atoms with Crippen LogP contribution in [0.3, 0.4) is 0 Å². The predicted octanol–water partition coefficient (Wildman–Crippen LogP) is 1.80. The Morgan fingerprint density at radius 2 is 2.31 bits per heavy atom. The SMILES string of the molecule is Cc1ccc(OCC(C)O)c(Cl)n1. The summed E-state index contributed by atoms with van der Waals surface area (Å²) in [6, 6.07) is 3.55. The molecule has 1 aromatic heterocycles. The van der Waals surface area contributed by atoms with Gasteiger partial charge in [-0.1, -0.05) is 11.6 Å². The van der Waals surface area contributed by atoms with Crippen LogP contribution in [0, 0.1) is 6.92 Å². The van der Waals surface area contributed by atoms with Crippen molar-refractivity contribution < 1.29 is 9.84 Å². The van der Waals surface area contributed by atoms with E-state index in [-0.39, 0.29) is 6.61 Å². The Hall–Kier alpha value is -0.800. The molecule has 0 spiro atoms. The first-order valence-electron chi connectivity index (χ1n) is 4.03. The molecule has 0 aromatic carbocycles. The molecule has 1 unspecified atom stereocenters. The van der Waals surface area contributed by atoms with Crippen molar-refractivity contribution >= 4 is 11.6 Å². The molecule has 1 atom stereocenters. The van der Waals surface area contributed by atoms with Crippen molar-refractivity contribution in [3.8, 4) is 5.75 Å². The highest BCUT2D eigenvalue weighted by Crippen LogP contribution is 2.21. The minimum atomic E-state index is -0.502. The van der Waals surface area contributed by atoms with Gasteiger partial charge in [-0.25, -0.2) is 4.98 Å². The summed E-state index contributed by atoms with van der Waals surface area (Å²) in [6.45, 7) is 3.73. The van der Waals surface area contributed by atoms with Gasteiger partial charge in [0.1, 0.15) is 6.61 Å². The van der Waals surface area contributed by atoms with E-state index < -0.39 is 6.10 Å². The van der Waals surface area contributed by atoms with Gasteiger partial charge < -0.3 is 9.84 Å². The molecule has 1 aromatic rings. The van der Waals surface area contributed by atoms with E-state index in [1.165, 1.54) is 0 Å². The van der Waals surface area contributed by atoms with Crippen LogP contribution >= 0.6 is 11.6 Å². The first-order valence-corrected chi connectivity index (χ1v) is 4.41. The minimum absolute atomic E-state index is 0.227. The molecule has 0 saturated heterocycles. The molecule has 0 aliphatic heterocycles. The highest BCUT2D eigenvalue weighted by molar-refractivity contribution is 6.30. The molecule has 0 radical (unpaired) electrons. The van der Waals surface area contributed by atoms with Crippen molar-refractivity contribution in [2.75, 3.05) is 6.61 Å². The van der Waals surface area contributed by atoms with Crippen LogP contribution in [0.2, 0.25) is 5.15 Å². The second kappa shape index (κ2) is 4.44. The van der Waals surface area contributed by atoms with Gasteiger partial charge in [-0.2, -0.15) is 0 Å². The number of rotatable bonds is 3. The van der Waals surface area contributed by atoms with E-state index in [2.05, 4.69) is 4.98 Å². The van der Waals surface area contributed by atoms with Crippen LogP contribution in [0.5, 0.6) is 5.75 Å². The van der Waals surface area contributed by atoms with Gasteiger partial charge in [0.25, 0.3) is 0 Å². The third-order valence-electron chi connectivity index (χ3n) is 1.43. The lowest BCUT2D eigenvalue weighted by atomic mass is 10.4. The zero-order valence-electron chi connectivity index (χ0n) is 7.62. The molecular weight excluding hydrogens is 190 g/mol. The maximum absolute atomic E-state index is 8.97. The fourth-order valence-electron chi connectivity index (χ4n) is 0.830. The maximum atomic E-state index is 8.97. The first kappa shape index (κ1) is 10.3. The average molecular weight is 202 g/mol. The summed E-state index contributed by atoms with van der Waals surface area (Å²) in [4.78, 5) is 4.01. The summed E-state index contributed by atoms with van der Waals surface area (Å²) in [7, 11) is 0. The quantitative estimate of drug-likeness (QED) is 0.759. The number of ether oxygens (including phenoxy) is 1. The van der Waals surface area contributed by atoms with E-state index in [1.54, 1.807) is 13.0 Å². The number of nitrogens with zero attached hydrogens (tertiary/aromatic N) is 1. The number of aliphatic hydroxyl groups excluding tert-OH is 1. The van der Waals surface area contributed by atoms with E-state index in [0.717, 1.165) is 5.69 Å². The number of hydrogen-bond acceptors (Lipinski definition) is 3. The summed E-state index contributed by atoms with van der Waals surface area (Å²) in [5, 5.41) is 9.30. The molecule has 0 bridgehead atoms. The number of aliphatic hydroxyl groups is 1.